The van der Waals surface area contributed by atoms with E-state index in [1.54, 1.807) is 6.20 Å². The maximum Gasteiger partial charge on any atom is 0.259 e. The maximum atomic E-state index is 12.6. The van der Waals surface area contributed by atoms with Crippen molar-refractivity contribution >= 4 is 28.1 Å². The minimum atomic E-state index is -0.114. The van der Waals surface area contributed by atoms with Gasteiger partial charge in [0.2, 0.25) is 0 Å². The van der Waals surface area contributed by atoms with Crippen molar-refractivity contribution < 1.29 is 0 Å². The molecule has 0 amide bonds. The van der Waals surface area contributed by atoms with Gasteiger partial charge in [0.15, 0.2) is 0 Å². The Morgan fingerprint density at radius 3 is 2.55 bits per heavy atom. The van der Waals surface area contributed by atoms with Gasteiger partial charge in [0, 0.05) is 24.5 Å². The van der Waals surface area contributed by atoms with Gasteiger partial charge in [0.1, 0.15) is 11.6 Å². The summed E-state index contributed by atoms with van der Waals surface area (Å²) in [6.45, 7) is 5.56. The van der Waals surface area contributed by atoms with E-state index >= 15 is 0 Å². The standard InChI is InChI=1S/C25H31N5O/c1-17-4-3-13-30(17)22-16-20-9-12-26-25(31)23(20)24(28-22)27-21-7-5-18(6-8-21)19-10-14-29(2)15-11-19/h5-9,12,16-17,19H,3-4,10-11,13-15H2,1-2H3,(H,26,31)(H,27,28)/t17-/m1/s1. The molecule has 0 unspecified atom stereocenters. The first-order valence-corrected chi connectivity index (χ1v) is 11.4. The predicted octanol–water partition coefficient (Wildman–Crippen LogP) is 4.46. The fourth-order valence-electron chi connectivity index (χ4n) is 5.03. The molecule has 1 aromatic carbocycles. The van der Waals surface area contributed by atoms with Crippen LogP contribution < -0.4 is 15.8 Å². The molecule has 5 rings (SSSR count). The Morgan fingerprint density at radius 2 is 1.84 bits per heavy atom. The first-order valence-electron chi connectivity index (χ1n) is 11.4. The second-order valence-electron chi connectivity index (χ2n) is 9.11. The Kier molecular flexibility index (Phi) is 5.40. The average Bonchev–Trinajstić information content (AvgIpc) is 3.21. The zero-order valence-electron chi connectivity index (χ0n) is 18.4. The normalized spacial score (nSPS) is 20.5. The number of benzene rings is 1. The molecule has 2 N–H and O–H groups in total. The second kappa shape index (κ2) is 8.35. The molecule has 0 bridgehead atoms. The van der Waals surface area contributed by atoms with E-state index < -0.39 is 0 Å². The SMILES string of the molecule is C[C@@H]1CCCN1c1cc2cc[nH]c(=O)c2c(Nc2ccc(C3CCN(C)CC3)cc2)n1. The van der Waals surface area contributed by atoms with Gasteiger partial charge in [0.05, 0.1) is 5.39 Å². The van der Waals surface area contributed by atoms with Crippen molar-refractivity contribution in [2.24, 2.45) is 0 Å². The van der Waals surface area contributed by atoms with Gasteiger partial charge in [-0.25, -0.2) is 4.98 Å². The first kappa shape index (κ1) is 20.1. The van der Waals surface area contributed by atoms with Crippen LogP contribution in [-0.2, 0) is 0 Å². The van der Waals surface area contributed by atoms with Gasteiger partial charge in [-0.1, -0.05) is 12.1 Å². The van der Waals surface area contributed by atoms with Gasteiger partial charge in [-0.2, -0.15) is 0 Å². The number of fused-ring (bicyclic) bond motifs is 1. The van der Waals surface area contributed by atoms with Crippen molar-refractivity contribution in [2.45, 2.75) is 44.6 Å². The second-order valence-corrected chi connectivity index (χ2v) is 9.11. The number of hydrogen-bond acceptors (Lipinski definition) is 5. The smallest absolute Gasteiger partial charge is 0.259 e. The number of pyridine rings is 2. The van der Waals surface area contributed by atoms with Gasteiger partial charge in [0.25, 0.3) is 5.56 Å². The van der Waals surface area contributed by atoms with Gasteiger partial charge >= 0.3 is 0 Å². The highest BCUT2D eigenvalue weighted by molar-refractivity contribution is 5.94. The summed E-state index contributed by atoms with van der Waals surface area (Å²) in [6.07, 6.45) is 6.48. The number of anilines is 3. The quantitative estimate of drug-likeness (QED) is 0.656. The highest BCUT2D eigenvalue weighted by atomic mass is 16.1. The van der Waals surface area contributed by atoms with Crippen LogP contribution in [0.2, 0.25) is 0 Å². The third kappa shape index (κ3) is 4.04. The van der Waals surface area contributed by atoms with Crippen LogP contribution in [0.3, 0.4) is 0 Å². The minimum absolute atomic E-state index is 0.114. The number of piperidine rings is 1. The molecular formula is C25H31N5O. The number of likely N-dealkylation sites (tertiary alicyclic amines) is 1. The van der Waals surface area contributed by atoms with E-state index in [0.717, 1.165) is 36.5 Å². The maximum absolute atomic E-state index is 12.6. The molecule has 6 nitrogen and oxygen atoms in total. The van der Waals surface area contributed by atoms with E-state index in [9.17, 15) is 4.79 Å². The van der Waals surface area contributed by atoms with Crippen molar-refractivity contribution in [3.63, 3.8) is 0 Å². The molecule has 2 aliphatic rings. The molecule has 4 heterocycles. The monoisotopic (exact) mass is 417 g/mol. The van der Waals surface area contributed by atoms with Crippen LogP contribution in [0.4, 0.5) is 17.3 Å². The van der Waals surface area contributed by atoms with Crippen LogP contribution in [-0.4, -0.2) is 47.6 Å². The number of nitrogens with zero attached hydrogens (tertiary/aromatic N) is 3. The molecule has 0 radical (unpaired) electrons. The Hall–Kier alpha value is -2.86. The van der Waals surface area contributed by atoms with Crippen molar-refractivity contribution in [3.8, 4) is 0 Å². The molecule has 0 saturated carbocycles. The summed E-state index contributed by atoms with van der Waals surface area (Å²) >= 11 is 0. The third-order valence-corrected chi connectivity index (χ3v) is 6.95. The summed E-state index contributed by atoms with van der Waals surface area (Å²) in [5.74, 6) is 2.20. The molecule has 1 atom stereocenters. The van der Waals surface area contributed by atoms with E-state index in [0.29, 0.717) is 23.2 Å². The van der Waals surface area contributed by atoms with E-state index in [1.807, 2.05) is 12.1 Å². The zero-order chi connectivity index (χ0) is 21.4. The number of nitrogens with one attached hydrogen (secondary N) is 2. The molecule has 2 fully saturated rings. The predicted molar refractivity (Wildman–Crippen MR) is 128 cm³/mol. The van der Waals surface area contributed by atoms with Crippen molar-refractivity contribution in [1.29, 1.82) is 0 Å². The van der Waals surface area contributed by atoms with Crippen LogP contribution in [0.25, 0.3) is 10.8 Å². The zero-order valence-corrected chi connectivity index (χ0v) is 18.4. The summed E-state index contributed by atoms with van der Waals surface area (Å²) in [5, 5.41) is 4.96. The highest BCUT2D eigenvalue weighted by Crippen LogP contribution is 2.32. The first-order chi connectivity index (χ1) is 15.1. The molecule has 0 spiro atoms. The van der Waals surface area contributed by atoms with Gasteiger partial charge in [-0.3, -0.25) is 4.79 Å². The van der Waals surface area contributed by atoms with Crippen molar-refractivity contribution in [1.82, 2.24) is 14.9 Å². The third-order valence-electron chi connectivity index (χ3n) is 6.95. The number of aromatic nitrogens is 2. The molecule has 162 valence electrons. The highest BCUT2D eigenvalue weighted by Gasteiger charge is 2.23. The topological polar surface area (TPSA) is 64.3 Å². The van der Waals surface area contributed by atoms with Crippen LogP contribution in [0, 0.1) is 0 Å². The van der Waals surface area contributed by atoms with Gasteiger partial charge in [-0.05, 0) is 93.9 Å². The fraction of sp³-hybridized carbons (Fsp3) is 0.440. The molecule has 31 heavy (non-hydrogen) atoms. The minimum Gasteiger partial charge on any atom is -0.354 e. The van der Waals surface area contributed by atoms with Gasteiger partial charge < -0.3 is 20.1 Å². The summed E-state index contributed by atoms with van der Waals surface area (Å²) in [6, 6.07) is 13.1. The van der Waals surface area contributed by atoms with E-state index in [2.05, 4.69) is 58.3 Å². The van der Waals surface area contributed by atoms with Crippen LogP contribution >= 0.6 is 0 Å². The van der Waals surface area contributed by atoms with Crippen molar-refractivity contribution in [2.75, 3.05) is 36.9 Å². The Balaban J connectivity index is 1.46. The largest absolute Gasteiger partial charge is 0.354 e. The Bertz CT molecular complexity index is 1110. The molecule has 2 aromatic heterocycles. The summed E-state index contributed by atoms with van der Waals surface area (Å²) in [5.41, 5.74) is 2.24. The number of H-pyrrole nitrogens is 1. The molecule has 2 saturated heterocycles. The van der Waals surface area contributed by atoms with E-state index in [1.165, 1.54) is 31.2 Å². The number of aromatic amines is 1. The van der Waals surface area contributed by atoms with Crippen LogP contribution in [0.1, 0.15) is 44.1 Å². The molecule has 0 aliphatic carbocycles. The van der Waals surface area contributed by atoms with Gasteiger partial charge in [-0.15, -0.1) is 0 Å². The van der Waals surface area contributed by atoms with E-state index in [-0.39, 0.29) is 5.56 Å². The Morgan fingerprint density at radius 1 is 1.06 bits per heavy atom. The van der Waals surface area contributed by atoms with Crippen LogP contribution in [0.15, 0.2) is 47.4 Å². The number of rotatable bonds is 4. The van der Waals surface area contributed by atoms with Crippen LogP contribution in [0.5, 0.6) is 0 Å². The Labute approximate surface area is 183 Å². The molecular weight excluding hydrogens is 386 g/mol. The lowest BCUT2D eigenvalue weighted by Gasteiger charge is -2.29. The molecule has 2 aliphatic heterocycles. The fourth-order valence-corrected chi connectivity index (χ4v) is 5.03. The summed E-state index contributed by atoms with van der Waals surface area (Å²) in [4.78, 5) is 25.1. The summed E-state index contributed by atoms with van der Waals surface area (Å²) in [7, 11) is 2.19. The summed E-state index contributed by atoms with van der Waals surface area (Å²) < 4.78 is 0. The average molecular weight is 418 g/mol. The molecule has 3 aromatic rings. The van der Waals surface area contributed by atoms with Crippen molar-refractivity contribution in [3.05, 3.63) is 58.5 Å². The lowest BCUT2D eigenvalue weighted by atomic mass is 9.89. The molecule has 6 heteroatoms. The number of hydrogen-bond donors (Lipinski definition) is 2. The lowest BCUT2D eigenvalue weighted by molar-refractivity contribution is 0.255. The lowest BCUT2D eigenvalue weighted by Crippen LogP contribution is -2.29. The van der Waals surface area contributed by atoms with E-state index in [4.69, 9.17) is 4.98 Å².